The number of aliphatic hydroxyl groups is 5. The lowest BCUT2D eigenvalue weighted by atomic mass is 9.98. The summed E-state index contributed by atoms with van der Waals surface area (Å²) in [6, 6.07) is 0. The molecular weight excluding hydrogens is 396 g/mol. The van der Waals surface area contributed by atoms with Gasteiger partial charge in [-0.2, -0.15) is 0 Å². The monoisotopic (exact) mass is 424 g/mol. The van der Waals surface area contributed by atoms with E-state index in [1.165, 1.54) is 14.2 Å². The first-order valence-electron chi connectivity index (χ1n) is 8.92. The fourth-order valence-electron chi connectivity index (χ4n) is 3.10. The Bertz CT molecular complexity index is 545. The minimum Gasteiger partial charge on any atom is -0.453 e. The second kappa shape index (κ2) is 10.7. The molecule has 0 aliphatic carbocycles. The predicted octanol–water partition coefficient (Wildman–Crippen LogP) is -3.35. The third-order valence-corrected chi connectivity index (χ3v) is 4.72. The van der Waals surface area contributed by atoms with E-state index in [0.717, 1.165) is 6.08 Å². The molecule has 2 heterocycles. The minimum atomic E-state index is -1.59. The summed E-state index contributed by atoms with van der Waals surface area (Å²) in [6.45, 7) is 2.80. The Kier molecular flexibility index (Phi) is 8.91. The number of esters is 1. The predicted molar refractivity (Wildman–Crippen MR) is 92.3 cm³/mol. The summed E-state index contributed by atoms with van der Waals surface area (Å²) < 4.78 is 31.1. The Morgan fingerprint density at radius 2 is 1.52 bits per heavy atom. The first-order chi connectivity index (χ1) is 13.7. The third-order valence-electron chi connectivity index (χ3n) is 4.72. The van der Waals surface area contributed by atoms with E-state index in [1.807, 2.05) is 0 Å². The van der Waals surface area contributed by atoms with Gasteiger partial charge in [-0.3, -0.25) is 0 Å². The Balaban J connectivity index is 2.05. The fraction of sp³-hybridized carbons (Fsp3) is 0.824. The van der Waals surface area contributed by atoms with Crippen LogP contribution in [-0.2, 0) is 33.2 Å². The maximum atomic E-state index is 11.5. The molecule has 2 aliphatic rings. The minimum absolute atomic E-state index is 0.0646. The number of aliphatic hydroxyl groups excluding tert-OH is 5. The maximum absolute atomic E-state index is 11.5. The molecule has 168 valence electrons. The molecule has 0 bridgehead atoms. The van der Waals surface area contributed by atoms with Crippen molar-refractivity contribution < 1.29 is 58.7 Å². The van der Waals surface area contributed by atoms with Crippen molar-refractivity contribution in [1.82, 2.24) is 0 Å². The van der Waals surface area contributed by atoms with Crippen molar-refractivity contribution in [2.45, 2.75) is 61.4 Å². The van der Waals surface area contributed by atoms with E-state index in [9.17, 15) is 30.3 Å². The first-order valence-corrected chi connectivity index (χ1v) is 8.92. The van der Waals surface area contributed by atoms with E-state index in [-0.39, 0.29) is 13.2 Å². The van der Waals surface area contributed by atoms with Crippen LogP contribution in [0.15, 0.2) is 12.7 Å². The van der Waals surface area contributed by atoms with Crippen LogP contribution in [0.5, 0.6) is 0 Å². The summed E-state index contributed by atoms with van der Waals surface area (Å²) in [5.41, 5.74) is 0. The lowest BCUT2D eigenvalue weighted by Gasteiger charge is -2.43. The van der Waals surface area contributed by atoms with Crippen molar-refractivity contribution in [3.8, 4) is 0 Å². The molecule has 2 rings (SSSR count). The van der Waals surface area contributed by atoms with E-state index in [0.29, 0.717) is 0 Å². The summed E-state index contributed by atoms with van der Waals surface area (Å²) >= 11 is 0. The molecule has 29 heavy (non-hydrogen) atoms. The topological polar surface area (TPSA) is 174 Å². The molecule has 0 spiro atoms. The highest BCUT2D eigenvalue weighted by atomic mass is 16.7. The van der Waals surface area contributed by atoms with Gasteiger partial charge in [0, 0.05) is 20.3 Å². The number of carbonyl (C=O) groups is 1. The van der Waals surface area contributed by atoms with Gasteiger partial charge in [0.2, 0.25) is 0 Å². The summed E-state index contributed by atoms with van der Waals surface area (Å²) in [5.74, 6) is -0.866. The first kappa shape index (κ1) is 24.1. The van der Waals surface area contributed by atoms with Crippen LogP contribution in [-0.4, -0.2) is 120 Å². The van der Waals surface area contributed by atoms with E-state index < -0.39 is 67.4 Å². The van der Waals surface area contributed by atoms with Crippen molar-refractivity contribution in [2.24, 2.45) is 0 Å². The standard InChI is InChI=1S/C17H28O12/c1-4-9(18)29-15-11(20)8(27-16(25-3)14(15)23)6-26-17-13(22)12(21)10(19)7(28-17)5-24-2/h4,7-8,10-17,19-23H,1,5-6H2,2-3H3/t7?,8?,10-,11-,12+,13?,14?,15+,16+,17+/m1/s1. The Labute approximate surface area is 167 Å². The molecule has 0 aromatic rings. The van der Waals surface area contributed by atoms with Crippen LogP contribution in [0.25, 0.3) is 0 Å². The van der Waals surface area contributed by atoms with Crippen molar-refractivity contribution in [3.63, 3.8) is 0 Å². The number of hydrogen-bond acceptors (Lipinski definition) is 12. The van der Waals surface area contributed by atoms with Crippen molar-refractivity contribution in [1.29, 1.82) is 0 Å². The quantitative estimate of drug-likeness (QED) is 0.194. The van der Waals surface area contributed by atoms with Gasteiger partial charge >= 0.3 is 5.97 Å². The molecule has 2 aliphatic heterocycles. The molecule has 4 unspecified atom stereocenters. The number of hydrogen-bond donors (Lipinski definition) is 5. The highest BCUT2D eigenvalue weighted by molar-refractivity contribution is 5.81. The smallest absolute Gasteiger partial charge is 0.330 e. The van der Waals surface area contributed by atoms with Gasteiger partial charge in [-0.1, -0.05) is 6.58 Å². The zero-order valence-electron chi connectivity index (χ0n) is 16.1. The molecular formula is C17H28O12. The fourth-order valence-corrected chi connectivity index (χ4v) is 3.10. The molecule has 0 aromatic carbocycles. The Morgan fingerprint density at radius 1 is 0.897 bits per heavy atom. The van der Waals surface area contributed by atoms with Crippen LogP contribution in [0.2, 0.25) is 0 Å². The Hall–Kier alpha value is -1.19. The summed E-state index contributed by atoms with van der Waals surface area (Å²) in [6.07, 6.45) is -12.7. The third kappa shape index (κ3) is 5.49. The Morgan fingerprint density at radius 3 is 2.10 bits per heavy atom. The lowest BCUT2D eigenvalue weighted by molar-refractivity contribution is -0.329. The van der Waals surface area contributed by atoms with Crippen LogP contribution >= 0.6 is 0 Å². The second-order valence-corrected chi connectivity index (χ2v) is 6.67. The van der Waals surface area contributed by atoms with Gasteiger partial charge in [0.05, 0.1) is 13.2 Å². The lowest BCUT2D eigenvalue weighted by Crippen LogP contribution is -2.62. The molecule has 12 heteroatoms. The van der Waals surface area contributed by atoms with Crippen molar-refractivity contribution in [3.05, 3.63) is 12.7 Å². The SMILES string of the molecule is C=CC(=O)O[C@@H]1C(O)[C@@H](OC)OC(CO[C@H]2OC(COC)[C@@H](O)[C@H](O)C2O)[C@H]1O. The summed E-state index contributed by atoms with van der Waals surface area (Å²) in [5, 5.41) is 50.6. The molecule has 5 N–H and O–H groups in total. The maximum Gasteiger partial charge on any atom is 0.330 e. The van der Waals surface area contributed by atoms with Crippen molar-refractivity contribution >= 4 is 5.97 Å². The molecule has 2 fully saturated rings. The van der Waals surface area contributed by atoms with Crippen LogP contribution < -0.4 is 0 Å². The van der Waals surface area contributed by atoms with E-state index in [1.54, 1.807) is 0 Å². The van der Waals surface area contributed by atoms with Gasteiger partial charge in [-0.05, 0) is 0 Å². The van der Waals surface area contributed by atoms with Crippen LogP contribution in [0.1, 0.15) is 0 Å². The molecule has 0 amide bonds. The molecule has 12 nitrogen and oxygen atoms in total. The molecule has 0 radical (unpaired) electrons. The molecule has 0 saturated carbocycles. The van der Waals surface area contributed by atoms with Gasteiger partial charge in [0.15, 0.2) is 18.7 Å². The van der Waals surface area contributed by atoms with Crippen molar-refractivity contribution in [2.75, 3.05) is 27.4 Å². The molecule has 2 saturated heterocycles. The van der Waals surface area contributed by atoms with Gasteiger partial charge in [0.1, 0.15) is 42.7 Å². The second-order valence-electron chi connectivity index (χ2n) is 6.67. The van der Waals surface area contributed by atoms with Crippen LogP contribution in [0.3, 0.4) is 0 Å². The van der Waals surface area contributed by atoms with Crippen LogP contribution in [0, 0.1) is 0 Å². The van der Waals surface area contributed by atoms with E-state index >= 15 is 0 Å². The van der Waals surface area contributed by atoms with Gasteiger partial charge in [0.25, 0.3) is 0 Å². The van der Waals surface area contributed by atoms with E-state index in [4.69, 9.17) is 28.4 Å². The summed E-state index contributed by atoms with van der Waals surface area (Å²) in [7, 11) is 2.62. The average molecular weight is 424 g/mol. The molecule has 0 aromatic heterocycles. The number of carbonyl (C=O) groups excluding carboxylic acids is 1. The number of rotatable bonds is 8. The normalized spacial score (nSPS) is 43.0. The van der Waals surface area contributed by atoms with Crippen LogP contribution in [0.4, 0.5) is 0 Å². The van der Waals surface area contributed by atoms with Gasteiger partial charge < -0.3 is 54.0 Å². The van der Waals surface area contributed by atoms with Gasteiger partial charge in [-0.15, -0.1) is 0 Å². The zero-order valence-corrected chi connectivity index (χ0v) is 16.1. The summed E-state index contributed by atoms with van der Waals surface area (Å²) in [4.78, 5) is 11.5. The number of ether oxygens (including phenoxy) is 6. The highest BCUT2D eigenvalue weighted by Gasteiger charge is 2.49. The van der Waals surface area contributed by atoms with Gasteiger partial charge in [-0.25, -0.2) is 4.79 Å². The average Bonchev–Trinajstić information content (AvgIpc) is 2.71. The number of methoxy groups -OCH3 is 2. The molecule has 10 atom stereocenters. The zero-order chi connectivity index (χ0) is 21.7. The largest absolute Gasteiger partial charge is 0.453 e. The highest BCUT2D eigenvalue weighted by Crippen LogP contribution is 2.27. The van der Waals surface area contributed by atoms with E-state index in [2.05, 4.69) is 6.58 Å².